The Morgan fingerprint density at radius 3 is 2.44 bits per heavy atom. The number of hydrogen-bond donors (Lipinski definition) is 1. The number of ether oxygens (including phenoxy) is 2. The molecule has 0 saturated carbocycles. The molecule has 0 radical (unpaired) electrons. The summed E-state index contributed by atoms with van der Waals surface area (Å²) in [6.07, 6.45) is 0. The Bertz CT molecular complexity index is 1430. The molecule has 0 bridgehead atoms. The predicted molar refractivity (Wildman–Crippen MR) is 153 cm³/mol. The van der Waals surface area contributed by atoms with Gasteiger partial charge in [-0.15, -0.1) is 0 Å². The van der Waals surface area contributed by atoms with Crippen LogP contribution in [0, 0.1) is 0 Å². The average Bonchev–Trinajstić information content (AvgIpc) is 3.23. The highest BCUT2D eigenvalue weighted by atomic mass is 16.5. The summed E-state index contributed by atoms with van der Waals surface area (Å²) in [6, 6.07) is 19.3. The van der Waals surface area contributed by atoms with Crippen LogP contribution in [0.1, 0.15) is 31.0 Å². The highest BCUT2D eigenvalue weighted by Gasteiger charge is 2.47. The van der Waals surface area contributed by atoms with Gasteiger partial charge in [-0.3, -0.25) is 14.5 Å². The first kappa shape index (κ1) is 26.2. The number of Topliss-reactive ketones (excluding diaryl/α,β-unsaturated/α-hetero) is 1. The Labute approximate surface area is 228 Å². The van der Waals surface area contributed by atoms with E-state index >= 15 is 0 Å². The van der Waals surface area contributed by atoms with Gasteiger partial charge in [0.05, 0.1) is 36.6 Å². The summed E-state index contributed by atoms with van der Waals surface area (Å²) in [6.45, 7) is 7.17. The molecule has 5 rings (SSSR count). The van der Waals surface area contributed by atoms with E-state index in [0.717, 1.165) is 24.5 Å². The van der Waals surface area contributed by atoms with E-state index < -0.39 is 17.7 Å². The van der Waals surface area contributed by atoms with E-state index in [1.54, 1.807) is 42.5 Å². The van der Waals surface area contributed by atoms with Crippen molar-refractivity contribution in [1.29, 1.82) is 0 Å². The molecule has 0 aliphatic carbocycles. The van der Waals surface area contributed by atoms with Crippen molar-refractivity contribution in [3.8, 4) is 11.5 Å². The molecule has 0 spiro atoms. The second kappa shape index (κ2) is 10.7. The highest BCUT2D eigenvalue weighted by molar-refractivity contribution is 6.52. The number of carbonyl (C=O) groups excluding carboxylic acids is 2. The Kier molecular flexibility index (Phi) is 7.19. The molecule has 8 nitrogen and oxygen atoms in total. The fraction of sp³-hybridized carbons (Fsp3) is 0.290. The third kappa shape index (κ3) is 4.56. The van der Waals surface area contributed by atoms with Crippen molar-refractivity contribution in [3.05, 3.63) is 83.4 Å². The van der Waals surface area contributed by atoms with Gasteiger partial charge in [-0.05, 0) is 61.9 Å². The smallest absolute Gasteiger partial charge is 0.300 e. The zero-order valence-corrected chi connectivity index (χ0v) is 22.7. The summed E-state index contributed by atoms with van der Waals surface area (Å²) in [7, 11) is 3.47. The number of fused-ring (bicyclic) bond motifs is 1. The van der Waals surface area contributed by atoms with Gasteiger partial charge in [-0.2, -0.15) is 0 Å². The molecule has 1 saturated heterocycles. The number of aliphatic hydroxyl groups is 1. The Balaban J connectivity index is 1.69. The van der Waals surface area contributed by atoms with Crippen LogP contribution in [0.5, 0.6) is 11.5 Å². The zero-order valence-electron chi connectivity index (χ0n) is 22.7. The van der Waals surface area contributed by atoms with Crippen molar-refractivity contribution < 1.29 is 24.2 Å². The third-order valence-corrected chi connectivity index (χ3v) is 7.45. The molecule has 3 aromatic carbocycles. The van der Waals surface area contributed by atoms with Gasteiger partial charge in [0.1, 0.15) is 23.9 Å². The highest BCUT2D eigenvalue weighted by Crippen LogP contribution is 2.45. The molecular formula is C31H33N3O5. The maximum Gasteiger partial charge on any atom is 0.300 e. The van der Waals surface area contributed by atoms with Crippen LogP contribution in [0.4, 0.5) is 17.1 Å². The summed E-state index contributed by atoms with van der Waals surface area (Å²) in [5.74, 6) is -0.545. The molecule has 2 aliphatic rings. The van der Waals surface area contributed by atoms with Gasteiger partial charge in [0, 0.05) is 31.4 Å². The number of amides is 1. The van der Waals surface area contributed by atoms with Crippen LogP contribution in [0.3, 0.4) is 0 Å². The minimum Gasteiger partial charge on any atom is -0.507 e. The van der Waals surface area contributed by atoms with Gasteiger partial charge in [0.2, 0.25) is 0 Å². The summed E-state index contributed by atoms with van der Waals surface area (Å²) >= 11 is 0. The predicted octanol–water partition coefficient (Wildman–Crippen LogP) is 5.00. The first-order valence-electron chi connectivity index (χ1n) is 13.2. The number of ketones is 1. The number of nitrogens with zero attached hydrogens (tertiary/aromatic N) is 3. The fourth-order valence-electron chi connectivity index (χ4n) is 5.33. The number of methoxy groups -OCH3 is 1. The maximum absolute atomic E-state index is 13.6. The van der Waals surface area contributed by atoms with Gasteiger partial charge in [-0.25, -0.2) is 0 Å². The monoisotopic (exact) mass is 527 g/mol. The first-order chi connectivity index (χ1) is 18.9. The van der Waals surface area contributed by atoms with Crippen LogP contribution in [0.15, 0.2) is 72.3 Å². The van der Waals surface area contributed by atoms with Crippen molar-refractivity contribution >= 4 is 34.5 Å². The van der Waals surface area contributed by atoms with Crippen molar-refractivity contribution in [2.24, 2.45) is 0 Å². The van der Waals surface area contributed by atoms with Crippen LogP contribution < -0.4 is 24.2 Å². The summed E-state index contributed by atoms with van der Waals surface area (Å²) < 4.78 is 11.3. The molecule has 8 heteroatoms. The fourth-order valence-corrected chi connectivity index (χ4v) is 5.33. The first-order valence-corrected chi connectivity index (χ1v) is 13.2. The van der Waals surface area contributed by atoms with Crippen molar-refractivity contribution in [3.63, 3.8) is 0 Å². The van der Waals surface area contributed by atoms with E-state index in [2.05, 4.69) is 18.7 Å². The normalized spacial score (nSPS) is 18.1. The third-order valence-electron chi connectivity index (χ3n) is 7.45. The zero-order chi connectivity index (χ0) is 27.7. The molecule has 202 valence electrons. The van der Waals surface area contributed by atoms with Crippen molar-refractivity contribution in [1.82, 2.24) is 0 Å². The van der Waals surface area contributed by atoms with E-state index in [1.807, 2.05) is 36.2 Å². The maximum atomic E-state index is 13.6. The van der Waals surface area contributed by atoms with E-state index in [-0.39, 0.29) is 11.3 Å². The number of aliphatic hydroxyl groups excluding tert-OH is 1. The summed E-state index contributed by atoms with van der Waals surface area (Å²) in [4.78, 5) is 32.9. The van der Waals surface area contributed by atoms with Gasteiger partial charge in [-0.1, -0.05) is 24.3 Å². The number of benzene rings is 3. The number of likely N-dealkylation sites (N-methyl/N-ethyl adjacent to an activating group) is 1. The summed E-state index contributed by atoms with van der Waals surface area (Å²) in [5.41, 5.74) is 3.48. The molecule has 1 amide bonds. The molecule has 2 aliphatic heterocycles. The lowest BCUT2D eigenvalue weighted by molar-refractivity contribution is -0.132. The van der Waals surface area contributed by atoms with Crippen molar-refractivity contribution in [2.45, 2.75) is 19.9 Å². The second-order valence-corrected chi connectivity index (χ2v) is 9.56. The van der Waals surface area contributed by atoms with E-state index in [9.17, 15) is 14.7 Å². The van der Waals surface area contributed by atoms with Crippen LogP contribution in [-0.2, 0) is 9.59 Å². The minimum atomic E-state index is -0.850. The minimum absolute atomic E-state index is 0.0285. The van der Waals surface area contributed by atoms with Crippen LogP contribution >= 0.6 is 0 Å². The number of para-hydroxylation sites is 2. The number of rotatable bonds is 7. The van der Waals surface area contributed by atoms with Gasteiger partial charge >= 0.3 is 0 Å². The molecule has 1 fully saturated rings. The molecule has 1 unspecified atom stereocenters. The molecular weight excluding hydrogens is 494 g/mol. The Morgan fingerprint density at radius 1 is 1.03 bits per heavy atom. The van der Waals surface area contributed by atoms with Gasteiger partial charge in [0.25, 0.3) is 11.7 Å². The largest absolute Gasteiger partial charge is 0.507 e. The van der Waals surface area contributed by atoms with Gasteiger partial charge in [0.15, 0.2) is 0 Å². The topological polar surface area (TPSA) is 82.5 Å². The number of anilines is 3. The SMILES string of the molecule is CCN(CC)c1ccc(C2/C(=C(/O)c3ccc4c(c3)N(C)CCO4)C(=O)C(=O)N2c2ccccc2OC)cc1. The molecule has 39 heavy (non-hydrogen) atoms. The molecule has 3 aromatic rings. The average molecular weight is 528 g/mol. The lowest BCUT2D eigenvalue weighted by Gasteiger charge is -2.29. The lowest BCUT2D eigenvalue weighted by Crippen LogP contribution is -2.30. The Morgan fingerprint density at radius 2 is 1.74 bits per heavy atom. The summed E-state index contributed by atoms with van der Waals surface area (Å²) in [5, 5.41) is 11.6. The molecule has 0 aromatic heterocycles. The second-order valence-electron chi connectivity index (χ2n) is 9.56. The van der Waals surface area contributed by atoms with Gasteiger partial charge < -0.3 is 24.4 Å². The van der Waals surface area contributed by atoms with Crippen LogP contribution in [0.2, 0.25) is 0 Å². The number of carbonyl (C=O) groups is 2. The number of hydrogen-bond acceptors (Lipinski definition) is 7. The van der Waals surface area contributed by atoms with E-state index in [0.29, 0.717) is 41.5 Å². The van der Waals surface area contributed by atoms with E-state index in [4.69, 9.17) is 9.47 Å². The van der Waals surface area contributed by atoms with E-state index in [1.165, 1.54) is 12.0 Å². The standard InChI is InChI=1S/C31H33N3O5/c1-5-33(6-2)22-14-11-20(12-15-22)28-27(29(35)21-13-16-26-24(19-21)32(3)17-18-39-26)30(36)31(37)34(28)23-9-7-8-10-25(23)38-4/h7-16,19,28,35H,5-6,17-18H2,1-4H3/b29-27-. The Hall–Kier alpha value is -4.46. The van der Waals surface area contributed by atoms with Crippen LogP contribution in [0.25, 0.3) is 5.76 Å². The molecule has 1 N–H and O–H groups in total. The molecule has 1 atom stereocenters. The lowest BCUT2D eigenvalue weighted by atomic mass is 9.94. The van der Waals surface area contributed by atoms with Crippen molar-refractivity contribution in [2.75, 3.05) is 55.1 Å². The van der Waals surface area contributed by atoms with Crippen LogP contribution in [-0.4, -0.2) is 57.2 Å². The quantitative estimate of drug-likeness (QED) is 0.263. The molecule has 2 heterocycles.